The summed E-state index contributed by atoms with van der Waals surface area (Å²) in [6, 6.07) is 16.7. The van der Waals surface area contributed by atoms with Crippen LogP contribution in [0.1, 0.15) is 0 Å². The third-order valence-electron chi connectivity index (χ3n) is 1.66. The Bertz CT molecular complexity index is 289. The average Bonchev–Trinajstić information content (AvgIpc) is 2.19. The Hall–Kier alpha value is -0.950. The maximum absolute atomic E-state index is 2.12. The van der Waals surface area contributed by atoms with E-state index < -0.39 is 0 Å². The van der Waals surface area contributed by atoms with Crippen molar-refractivity contribution < 1.29 is 0 Å². The van der Waals surface area contributed by atoms with Gasteiger partial charge in [-0.3, -0.25) is 0 Å². The van der Waals surface area contributed by atoms with Crippen molar-refractivity contribution in [2.45, 2.75) is 0 Å². The second-order valence-electron chi connectivity index (χ2n) is 2.79. The summed E-state index contributed by atoms with van der Waals surface area (Å²) in [5.74, 6) is 0. The molecule has 0 spiro atoms. The summed E-state index contributed by atoms with van der Waals surface area (Å²) in [7, 11) is 0. The van der Waals surface area contributed by atoms with Crippen LogP contribution in [0, 0.1) is 0 Å². The number of thiol groups is 1. The van der Waals surface area contributed by atoms with Crippen molar-refractivity contribution in [2.24, 2.45) is 0 Å². The molecular weight excluding hydrogens is 176 g/mol. The molecule has 1 heteroatoms. The van der Waals surface area contributed by atoms with Crippen LogP contribution in [-0.4, -0.2) is 12.5 Å². The topological polar surface area (TPSA) is 0 Å². The molecule has 0 atom stereocenters. The summed E-state index contributed by atoms with van der Waals surface area (Å²) in [6.45, 7) is 0. The summed E-state index contributed by atoms with van der Waals surface area (Å²) in [4.78, 5) is 0. The molecule has 2 aromatic carbocycles. The van der Waals surface area contributed by atoms with Crippen molar-refractivity contribution in [1.29, 1.82) is 0 Å². The quantitative estimate of drug-likeness (QED) is 0.444. The van der Waals surface area contributed by atoms with E-state index >= 15 is 0 Å². The second-order valence-corrected chi connectivity index (χ2v) is 3.69. The van der Waals surface area contributed by atoms with Crippen molar-refractivity contribution in [2.75, 3.05) is 12.5 Å². The molecule has 0 aliphatic carbocycles. The lowest BCUT2D eigenvalue weighted by molar-refractivity contribution is 1.75. The highest BCUT2D eigenvalue weighted by Crippen LogP contribution is 2.11. The predicted molar refractivity (Wildman–Crippen MR) is 64.6 cm³/mol. The minimum atomic E-state index is 1.31. The van der Waals surface area contributed by atoms with E-state index in [-0.39, 0.29) is 0 Å². The zero-order valence-corrected chi connectivity index (χ0v) is 8.96. The van der Waals surface area contributed by atoms with Gasteiger partial charge in [-0.25, -0.2) is 0 Å². The van der Waals surface area contributed by atoms with Gasteiger partial charge in [0.1, 0.15) is 0 Å². The predicted octanol–water partition coefficient (Wildman–Crippen LogP) is 2.90. The second kappa shape index (κ2) is 5.65. The van der Waals surface area contributed by atoms with Gasteiger partial charge in [0.25, 0.3) is 0 Å². The minimum Gasteiger partial charge on any atom is -0.0616 e. The molecule has 0 N–H and O–H groups in total. The Morgan fingerprint density at radius 2 is 0.923 bits per heavy atom. The molecule has 0 aromatic heterocycles. The summed E-state index contributed by atoms with van der Waals surface area (Å²) >= 11 is 1.42. The molecule has 0 aliphatic rings. The molecule has 0 heterocycles. The highest BCUT2D eigenvalue weighted by Gasteiger charge is 1.85. The van der Waals surface area contributed by atoms with Gasteiger partial charge in [-0.05, 0) is 22.5 Å². The monoisotopic (exact) mass is 191 g/mol. The summed E-state index contributed by atoms with van der Waals surface area (Å²) < 4.78 is 0. The standard InChI is InChI=1S/C10H8.C2H6S/c1-2-6-10-8-4-3-7-9(10)5-1;1-3-2/h1-8H;1-2H3/p+1. The van der Waals surface area contributed by atoms with E-state index in [0.717, 1.165) is 0 Å². The molecule has 0 amide bonds. The van der Waals surface area contributed by atoms with Gasteiger partial charge in [-0.1, -0.05) is 48.5 Å². The maximum atomic E-state index is 2.12. The van der Waals surface area contributed by atoms with Crippen LogP contribution in [0.4, 0.5) is 0 Å². The van der Waals surface area contributed by atoms with Gasteiger partial charge in [0.15, 0.2) is 0 Å². The van der Waals surface area contributed by atoms with Crippen LogP contribution in [0.5, 0.6) is 0 Å². The lowest BCUT2D eigenvalue weighted by Crippen LogP contribution is -1.67. The fourth-order valence-corrected chi connectivity index (χ4v) is 1.13. The smallest absolute Gasteiger partial charge is 0.0616 e. The highest BCUT2D eigenvalue weighted by molar-refractivity contribution is 7.76. The van der Waals surface area contributed by atoms with Crippen LogP contribution in [0.2, 0.25) is 0 Å². The van der Waals surface area contributed by atoms with Crippen molar-refractivity contribution in [3.8, 4) is 0 Å². The zero-order valence-electron chi connectivity index (χ0n) is 8.07. The lowest BCUT2D eigenvalue weighted by Gasteiger charge is -1.92. The van der Waals surface area contributed by atoms with E-state index in [1.54, 1.807) is 0 Å². The van der Waals surface area contributed by atoms with Crippen LogP contribution in [0.15, 0.2) is 48.5 Å². The van der Waals surface area contributed by atoms with Gasteiger partial charge in [0, 0.05) is 0 Å². The molecule has 0 unspecified atom stereocenters. The number of hydrogen-bond acceptors (Lipinski definition) is 0. The lowest BCUT2D eigenvalue weighted by atomic mass is 10.1. The largest absolute Gasteiger partial charge is 0.0949 e. The normalized spacial score (nSPS) is 9.08. The van der Waals surface area contributed by atoms with Crippen molar-refractivity contribution in [1.82, 2.24) is 0 Å². The Kier molecular flexibility index (Phi) is 4.41. The molecule has 0 radical (unpaired) electrons. The first-order valence-corrected chi connectivity index (χ1v) is 6.09. The first kappa shape index (κ1) is 10.1. The Balaban J connectivity index is 0.000000251. The first-order chi connectivity index (χ1) is 6.38. The van der Waals surface area contributed by atoms with Crippen molar-refractivity contribution in [3.63, 3.8) is 0 Å². The van der Waals surface area contributed by atoms with E-state index in [0.29, 0.717) is 0 Å². The van der Waals surface area contributed by atoms with Crippen LogP contribution in [0.25, 0.3) is 10.8 Å². The van der Waals surface area contributed by atoms with Gasteiger partial charge in [0.2, 0.25) is 0 Å². The van der Waals surface area contributed by atoms with Crippen molar-refractivity contribution >= 4 is 22.5 Å². The van der Waals surface area contributed by atoms with Crippen LogP contribution >= 0.6 is 0 Å². The molecule has 0 bridgehead atoms. The molecule has 68 valence electrons. The van der Waals surface area contributed by atoms with E-state index in [2.05, 4.69) is 61.0 Å². The third-order valence-corrected chi connectivity index (χ3v) is 1.66. The molecule has 2 rings (SSSR count). The summed E-state index contributed by atoms with van der Waals surface area (Å²) in [5.41, 5.74) is 0. The number of benzene rings is 2. The molecule has 0 aliphatic heterocycles. The molecule has 0 saturated carbocycles. The summed E-state index contributed by atoms with van der Waals surface area (Å²) in [6.07, 6.45) is 4.19. The van der Waals surface area contributed by atoms with Crippen LogP contribution in [0.3, 0.4) is 0 Å². The van der Waals surface area contributed by atoms with E-state index in [4.69, 9.17) is 0 Å². The molecule has 0 fully saturated rings. The van der Waals surface area contributed by atoms with E-state index in [1.165, 1.54) is 22.5 Å². The van der Waals surface area contributed by atoms with Gasteiger partial charge in [-0.2, -0.15) is 0 Å². The molecule has 0 nitrogen and oxygen atoms in total. The van der Waals surface area contributed by atoms with Gasteiger partial charge >= 0.3 is 0 Å². The third kappa shape index (κ3) is 3.11. The number of fused-ring (bicyclic) bond motifs is 1. The van der Waals surface area contributed by atoms with Gasteiger partial charge in [0.05, 0.1) is 12.5 Å². The zero-order chi connectivity index (χ0) is 9.52. The Labute approximate surface area is 84.0 Å². The highest BCUT2D eigenvalue weighted by atomic mass is 32.2. The van der Waals surface area contributed by atoms with Crippen LogP contribution in [-0.2, 0) is 11.8 Å². The fourth-order valence-electron chi connectivity index (χ4n) is 1.13. The van der Waals surface area contributed by atoms with E-state index in [1.807, 2.05) is 0 Å². The average molecular weight is 191 g/mol. The minimum absolute atomic E-state index is 1.31. The SMILES string of the molecule is C[SH+]C.c1ccc2ccccc2c1. The Morgan fingerprint density at radius 1 is 0.692 bits per heavy atom. The van der Waals surface area contributed by atoms with Gasteiger partial charge < -0.3 is 0 Å². The number of rotatable bonds is 0. The molecule has 13 heavy (non-hydrogen) atoms. The summed E-state index contributed by atoms with van der Waals surface area (Å²) in [5, 5.41) is 2.62. The van der Waals surface area contributed by atoms with Crippen molar-refractivity contribution in [3.05, 3.63) is 48.5 Å². The van der Waals surface area contributed by atoms with Gasteiger partial charge in [-0.15, -0.1) is 0 Å². The van der Waals surface area contributed by atoms with E-state index in [9.17, 15) is 0 Å². The maximum Gasteiger partial charge on any atom is 0.0949 e. The van der Waals surface area contributed by atoms with Crippen LogP contribution < -0.4 is 0 Å². The number of hydrogen-bond donors (Lipinski definition) is 0. The molecule has 0 saturated heterocycles. The molecule has 2 aromatic rings. The molecular formula is C12H15S+. The first-order valence-electron chi connectivity index (χ1n) is 4.30. The Morgan fingerprint density at radius 3 is 1.15 bits per heavy atom. The fraction of sp³-hybridized carbons (Fsp3) is 0.167.